The molecule has 2 heterocycles. The second-order valence-corrected chi connectivity index (χ2v) is 7.10. The maximum Gasteiger partial charge on any atom is 0.350 e. The van der Waals surface area contributed by atoms with Gasteiger partial charge < -0.3 is 14.8 Å². The fourth-order valence-electron chi connectivity index (χ4n) is 2.19. The normalized spacial score (nSPS) is 10.2. The third kappa shape index (κ3) is 4.35. The van der Waals surface area contributed by atoms with E-state index in [1.807, 2.05) is 0 Å². The second kappa shape index (κ2) is 8.63. The van der Waals surface area contributed by atoms with Crippen LogP contribution in [0.25, 0.3) is 0 Å². The van der Waals surface area contributed by atoms with Crippen LogP contribution in [0, 0.1) is 0 Å². The lowest BCUT2D eigenvalue weighted by molar-refractivity contribution is 0.0607. The molecule has 1 aromatic carbocycles. The lowest BCUT2D eigenvalue weighted by atomic mass is 10.2. The summed E-state index contributed by atoms with van der Waals surface area (Å²) in [5, 5.41) is 8.73. The molecule has 0 radical (unpaired) electrons. The quantitative estimate of drug-likeness (QED) is 0.595. The number of thiophene rings is 1. The van der Waals surface area contributed by atoms with Crippen molar-refractivity contribution in [1.82, 2.24) is 4.98 Å². The maximum atomic E-state index is 12.4. The van der Waals surface area contributed by atoms with Crippen molar-refractivity contribution in [2.24, 2.45) is 0 Å². The highest BCUT2D eigenvalue weighted by Gasteiger charge is 2.18. The van der Waals surface area contributed by atoms with Gasteiger partial charge in [-0.25, -0.2) is 9.78 Å². The SMILES string of the molecule is COC(=O)c1sccc1NC(=O)c1csc(NC(=O)c2ccc(OC)cc2)n1. The van der Waals surface area contributed by atoms with Crippen molar-refractivity contribution < 1.29 is 23.9 Å². The summed E-state index contributed by atoms with van der Waals surface area (Å²) in [4.78, 5) is 40.7. The molecule has 8 nitrogen and oxygen atoms in total. The van der Waals surface area contributed by atoms with E-state index in [0.29, 0.717) is 21.9 Å². The van der Waals surface area contributed by atoms with Crippen LogP contribution >= 0.6 is 22.7 Å². The number of rotatable bonds is 6. The molecule has 0 fully saturated rings. The highest BCUT2D eigenvalue weighted by Crippen LogP contribution is 2.24. The van der Waals surface area contributed by atoms with Gasteiger partial charge in [-0.2, -0.15) is 0 Å². The predicted molar refractivity (Wildman–Crippen MR) is 107 cm³/mol. The summed E-state index contributed by atoms with van der Waals surface area (Å²) >= 11 is 2.28. The summed E-state index contributed by atoms with van der Waals surface area (Å²) < 4.78 is 9.73. The minimum atomic E-state index is -0.531. The molecule has 0 bridgehead atoms. The van der Waals surface area contributed by atoms with E-state index in [-0.39, 0.29) is 16.7 Å². The Morgan fingerprint density at radius 3 is 2.39 bits per heavy atom. The van der Waals surface area contributed by atoms with Gasteiger partial charge in [0.15, 0.2) is 5.13 Å². The number of benzene rings is 1. The Bertz CT molecular complexity index is 1010. The van der Waals surface area contributed by atoms with Crippen LogP contribution in [-0.4, -0.2) is 37.0 Å². The largest absolute Gasteiger partial charge is 0.497 e. The molecule has 0 atom stereocenters. The molecule has 2 N–H and O–H groups in total. The lowest BCUT2D eigenvalue weighted by Gasteiger charge is -2.04. The number of hydrogen-bond acceptors (Lipinski definition) is 8. The van der Waals surface area contributed by atoms with Gasteiger partial charge >= 0.3 is 5.97 Å². The van der Waals surface area contributed by atoms with E-state index in [9.17, 15) is 14.4 Å². The summed E-state index contributed by atoms with van der Waals surface area (Å²) in [6.45, 7) is 0. The molecule has 0 saturated carbocycles. The summed E-state index contributed by atoms with van der Waals surface area (Å²) in [5.74, 6) is -0.736. The van der Waals surface area contributed by atoms with E-state index in [4.69, 9.17) is 4.74 Å². The van der Waals surface area contributed by atoms with Gasteiger partial charge in [-0.05, 0) is 35.7 Å². The van der Waals surface area contributed by atoms with Crippen molar-refractivity contribution in [2.45, 2.75) is 0 Å². The topological polar surface area (TPSA) is 107 Å². The summed E-state index contributed by atoms with van der Waals surface area (Å²) in [6.07, 6.45) is 0. The van der Waals surface area contributed by atoms with Gasteiger partial charge in [-0.3, -0.25) is 14.9 Å². The number of anilines is 2. The fraction of sp³-hybridized carbons (Fsp3) is 0.111. The van der Waals surface area contributed by atoms with Crippen LogP contribution in [-0.2, 0) is 4.74 Å². The molecule has 0 aliphatic rings. The van der Waals surface area contributed by atoms with E-state index in [0.717, 1.165) is 22.7 Å². The van der Waals surface area contributed by atoms with Crippen molar-refractivity contribution in [3.8, 4) is 5.75 Å². The zero-order chi connectivity index (χ0) is 20.1. The van der Waals surface area contributed by atoms with Gasteiger partial charge in [-0.1, -0.05) is 0 Å². The number of nitrogens with one attached hydrogen (secondary N) is 2. The van der Waals surface area contributed by atoms with Crippen molar-refractivity contribution >= 4 is 51.3 Å². The summed E-state index contributed by atoms with van der Waals surface area (Å²) in [7, 11) is 2.81. The smallest absolute Gasteiger partial charge is 0.350 e. The average Bonchev–Trinajstić information content (AvgIpc) is 3.37. The Morgan fingerprint density at radius 1 is 0.964 bits per heavy atom. The second-order valence-electron chi connectivity index (χ2n) is 5.33. The van der Waals surface area contributed by atoms with Crippen LogP contribution in [0.15, 0.2) is 41.1 Å². The lowest BCUT2D eigenvalue weighted by Crippen LogP contribution is -2.15. The van der Waals surface area contributed by atoms with Gasteiger partial charge in [-0.15, -0.1) is 22.7 Å². The van der Waals surface area contributed by atoms with Crippen LogP contribution < -0.4 is 15.4 Å². The maximum absolute atomic E-state index is 12.4. The Kier molecular flexibility index (Phi) is 6.02. The summed E-state index contributed by atoms with van der Waals surface area (Å²) in [5.41, 5.74) is 0.902. The Labute approximate surface area is 168 Å². The van der Waals surface area contributed by atoms with E-state index >= 15 is 0 Å². The number of esters is 1. The van der Waals surface area contributed by atoms with Crippen molar-refractivity contribution in [3.63, 3.8) is 0 Å². The molecule has 2 amide bonds. The van der Waals surface area contributed by atoms with Gasteiger partial charge in [0.25, 0.3) is 11.8 Å². The van der Waals surface area contributed by atoms with Crippen LogP contribution in [0.4, 0.5) is 10.8 Å². The number of methoxy groups -OCH3 is 2. The van der Waals surface area contributed by atoms with Crippen LogP contribution in [0.1, 0.15) is 30.5 Å². The number of thiazole rings is 1. The third-order valence-corrected chi connectivity index (χ3v) is 5.25. The first-order valence-electron chi connectivity index (χ1n) is 7.90. The van der Waals surface area contributed by atoms with Gasteiger partial charge in [0, 0.05) is 10.9 Å². The van der Waals surface area contributed by atoms with E-state index in [1.54, 1.807) is 42.8 Å². The van der Waals surface area contributed by atoms with Crippen molar-refractivity contribution in [3.05, 3.63) is 57.2 Å². The predicted octanol–water partition coefficient (Wildman–Crippen LogP) is 3.50. The molecule has 3 rings (SSSR count). The standard InChI is InChI=1S/C18H15N3O5S2/c1-25-11-5-3-10(4-6-11)15(22)21-18-20-13(9-28-18)16(23)19-12-7-8-27-14(12)17(24)26-2/h3-9H,1-2H3,(H,19,23)(H,20,21,22). The Hall–Kier alpha value is -3.24. The molecule has 144 valence electrons. The average molecular weight is 417 g/mol. The number of amides is 2. The molecule has 3 aromatic rings. The number of hydrogen-bond donors (Lipinski definition) is 2. The number of nitrogens with zero attached hydrogens (tertiary/aromatic N) is 1. The first-order valence-corrected chi connectivity index (χ1v) is 9.66. The first-order chi connectivity index (χ1) is 13.5. The van der Waals surface area contributed by atoms with Crippen LogP contribution in [0.3, 0.4) is 0 Å². The minimum absolute atomic E-state index is 0.122. The zero-order valence-electron chi connectivity index (χ0n) is 14.8. The molecule has 28 heavy (non-hydrogen) atoms. The van der Waals surface area contributed by atoms with Gasteiger partial charge in [0.2, 0.25) is 0 Å². The van der Waals surface area contributed by atoms with Crippen LogP contribution in [0.5, 0.6) is 5.75 Å². The molecule has 2 aromatic heterocycles. The molecular formula is C18H15N3O5S2. The first kappa shape index (κ1) is 19.5. The number of carbonyl (C=O) groups excluding carboxylic acids is 3. The van der Waals surface area contributed by atoms with Crippen molar-refractivity contribution in [1.29, 1.82) is 0 Å². The van der Waals surface area contributed by atoms with Gasteiger partial charge in [0.1, 0.15) is 16.3 Å². The summed E-state index contributed by atoms with van der Waals surface area (Å²) in [6, 6.07) is 8.21. The van der Waals surface area contributed by atoms with Gasteiger partial charge in [0.05, 0.1) is 19.9 Å². The fourth-order valence-corrected chi connectivity index (χ4v) is 3.64. The number of carbonyl (C=O) groups is 3. The third-order valence-electron chi connectivity index (χ3n) is 3.59. The Balaban J connectivity index is 1.66. The van der Waals surface area contributed by atoms with Crippen LogP contribution in [0.2, 0.25) is 0 Å². The highest BCUT2D eigenvalue weighted by atomic mass is 32.1. The monoisotopic (exact) mass is 417 g/mol. The van der Waals surface area contributed by atoms with E-state index in [1.165, 1.54) is 12.5 Å². The molecule has 0 aliphatic heterocycles. The highest BCUT2D eigenvalue weighted by molar-refractivity contribution is 7.14. The molecule has 0 aliphatic carbocycles. The molecule has 0 spiro atoms. The molecule has 0 unspecified atom stereocenters. The Morgan fingerprint density at radius 2 is 1.71 bits per heavy atom. The molecular weight excluding hydrogens is 402 g/mol. The number of ether oxygens (including phenoxy) is 2. The van der Waals surface area contributed by atoms with Crippen molar-refractivity contribution in [2.75, 3.05) is 24.9 Å². The van der Waals surface area contributed by atoms with E-state index < -0.39 is 11.9 Å². The van der Waals surface area contributed by atoms with E-state index in [2.05, 4.69) is 20.4 Å². The number of aromatic nitrogens is 1. The minimum Gasteiger partial charge on any atom is -0.497 e. The zero-order valence-corrected chi connectivity index (χ0v) is 16.5. The molecule has 0 saturated heterocycles. The molecule has 10 heteroatoms.